The van der Waals surface area contributed by atoms with Crippen molar-refractivity contribution in [3.63, 3.8) is 0 Å². The summed E-state index contributed by atoms with van der Waals surface area (Å²) in [6.07, 6.45) is 2.21. The van der Waals surface area contributed by atoms with Crippen LogP contribution in [0.4, 0.5) is 0 Å². The van der Waals surface area contributed by atoms with E-state index in [2.05, 4.69) is 46.8 Å². The number of fused-ring (bicyclic) bond motifs is 1. The number of aryl methyl sites for hydroxylation is 1. The highest BCUT2D eigenvalue weighted by Crippen LogP contribution is 2.16. The number of carbonyl (C=O) groups is 1. The number of benzene rings is 2. The van der Waals surface area contributed by atoms with Crippen LogP contribution >= 0.6 is 0 Å². The van der Waals surface area contributed by atoms with Gasteiger partial charge in [0.2, 0.25) is 0 Å². The topological polar surface area (TPSA) is 69.0 Å². The molecule has 26 heavy (non-hydrogen) atoms. The van der Waals surface area contributed by atoms with E-state index in [4.69, 9.17) is 4.74 Å². The minimum Gasteiger partial charge on any atom is -0.376 e. The van der Waals surface area contributed by atoms with Crippen molar-refractivity contribution < 1.29 is 9.53 Å². The number of ether oxygens (including phenoxy) is 1. The van der Waals surface area contributed by atoms with E-state index in [1.54, 1.807) is 6.07 Å². The van der Waals surface area contributed by atoms with Gasteiger partial charge in [-0.2, -0.15) is 0 Å². The third kappa shape index (κ3) is 3.60. The Morgan fingerprint density at radius 3 is 2.88 bits per heavy atom. The smallest absolute Gasteiger partial charge is 0.251 e. The second-order valence-electron chi connectivity index (χ2n) is 6.78. The Bertz CT molecular complexity index is 911. The van der Waals surface area contributed by atoms with Gasteiger partial charge in [-0.05, 0) is 43.5 Å². The number of rotatable bonds is 5. The SMILES string of the molecule is Cc1ccc(Cn2nnc3cc(C(=O)NCC4CCCO4)ccc32)cc1. The lowest BCUT2D eigenvalue weighted by molar-refractivity contribution is 0.0858. The highest BCUT2D eigenvalue weighted by Gasteiger charge is 2.17. The Labute approximate surface area is 152 Å². The quantitative estimate of drug-likeness (QED) is 0.768. The minimum absolute atomic E-state index is 0.101. The molecule has 134 valence electrons. The summed E-state index contributed by atoms with van der Waals surface area (Å²) < 4.78 is 7.39. The van der Waals surface area contributed by atoms with E-state index < -0.39 is 0 Å². The Morgan fingerprint density at radius 1 is 1.27 bits per heavy atom. The van der Waals surface area contributed by atoms with E-state index >= 15 is 0 Å². The summed E-state index contributed by atoms with van der Waals surface area (Å²) in [6, 6.07) is 13.9. The van der Waals surface area contributed by atoms with Gasteiger partial charge >= 0.3 is 0 Å². The number of amides is 1. The number of aromatic nitrogens is 3. The van der Waals surface area contributed by atoms with Gasteiger partial charge in [0.05, 0.1) is 18.2 Å². The summed E-state index contributed by atoms with van der Waals surface area (Å²) in [5, 5.41) is 11.4. The van der Waals surface area contributed by atoms with Crippen molar-refractivity contribution in [1.29, 1.82) is 0 Å². The van der Waals surface area contributed by atoms with Gasteiger partial charge in [0.1, 0.15) is 5.52 Å². The van der Waals surface area contributed by atoms with Crippen molar-refractivity contribution in [2.24, 2.45) is 0 Å². The fourth-order valence-electron chi connectivity index (χ4n) is 3.21. The molecule has 1 amide bonds. The van der Waals surface area contributed by atoms with E-state index in [0.29, 0.717) is 18.7 Å². The minimum atomic E-state index is -0.101. The van der Waals surface area contributed by atoms with Crippen LogP contribution in [0.15, 0.2) is 42.5 Å². The first kappa shape index (κ1) is 16.7. The summed E-state index contributed by atoms with van der Waals surface area (Å²) in [4.78, 5) is 12.4. The fourth-order valence-corrected chi connectivity index (χ4v) is 3.21. The maximum Gasteiger partial charge on any atom is 0.251 e. The summed E-state index contributed by atoms with van der Waals surface area (Å²) in [6.45, 7) is 4.06. The second-order valence-corrected chi connectivity index (χ2v) is 6.78. The van der Waals surface area contributed by atoms with Crippen LogP contribution in [-0.4, -0.2) is 40.2 Å². The molecule has 1 aromatic heterocycles. The van der Waals surface area contributed by atoms with Gasteiger partial charge in [0, 0.05) is 18.7 Å². The fraction of sp³-hybridized carbons (Fsp3) is 0.350. The van der Waals surface area contributed by atoms with Gasteiger partial charge in [0.25, 0.3) is 5.91 Å². The predicted octanol–water partition coefficient (Wildman–Crippen LogP) is 2.70. The third-order valence-corrected chi connectivity index (χ3v) is 4.74. The largest absolute Gasteiger partial charge is 0.376 e. The average Bonchev–Trinajstić information content (AvgIpc) is 3.31. The molecule has 0 aliphatic carbocycles. The lowest BCUT2D eigenvalue weighted by Gasteiger charge is -2.10. The molecular formula is C20H22N4O2. The van der Waals surface area contributed by atoms with Crippen LogP contribution in [0.1, 0.15) is 34.3 Å². The molecule has 0 bridgehead atoms. The highest BCUT2D eigenvalue weighted by atomic mass is 16.5. The van der Waals surface area contributed by atoms with Gasteiger partial charge in [-0.25, -0.2) is 4.68 Å². The molecule has 0 spiro atoms. The number of nitrogens with zero attached hydrogens (tertiary/aromatic N) is 3. The molecule has 2 aromatic carbocycles. The van der Waals surface area contributed by atoms with Crippen molar-refractivity contribution in [3.05, 3.63) is 59.2 Å². The molecule has 1 saturated heterocycles. The van der Waals surface area contributed by atoms with Crippen LogP contribution in [-0.2, 0) is 11.3 Å². The lowest BCUT2D eigenvalue weighted by atomic mass is 10.1. The van der Waals surface area contributed by atoms with E-state index in [1.165, 1.54) is 11.1 Å². The molecule has 1 aliphatic heterocycles. The van der Waals surface area contributed by atoms with Crippen LogP contribution in [0.5, 0.6) is 0 Å². The van der Waals surface area contributed by atoms with Crippen molar-refractivity contribution in [3.8, 4) is 0 Å². The molecule has 3 aromatic rings. The normalized spacial score (nSPS) is 16.9. The Morgan fingerprint density at radius 2 is 2.12 bits per heavy atom. The second kappa shape index (κ2) is 7.25. The molecule has 1 unspecified atom stereocenters. The van der Waals surface area contributed by atoms with Crippen LogP contribution in [0, 0.1) is 6.92 Å². The molecule has 6 heteroatoms. The van der Waals surface area contributed by atoms with Crippen LogP contribution < -0.4 is 5.32 Å². The van der Waals surface area contributed by atoms with E-state index in [0.717, 1.165) is 30.5 Å². The van der Waals surface area contributed by atoms with Crippen molar-refractivity contribution >= 4 is 16.9 Å². The van der Waals surface area contributed by atoms with E-state index in [-0.39, 0.29) is 12.0 Å². The Hall–Kier alpha value is -2.73. The van der Waals surface area contributed by atoms with Crippen molar-refractivity contribution in [1.82, 2.24) is 20.3 Å². The van der Waals surface area contributed by atoms with Gasteiger partial charge in [-0.1, -0.05) is 35.0 Å². The summed E-state index contributed by atoms with van der Waals surface area (Å²) >= 11 is 0. The van der Waals surface area contributed by atoms with E-state index in [9.17, 15) is 4.79 Å². The Kier molecular flexibility index (Phi) is 4.67. The van der Waals surface area contributed by atoms with Crippen LogP contribution in [0.25, 0.3) is 11.0 Å². The maximum absolute atomic E-state index is 12.4. The molecule has 1 N–H and O–H groups in total. The standard InChI is InChI=1S/C20H22N4O2/c1-14-4-6-15(7-5-14)13-24-19-9-8-16(11-18(19)22-23-24)20(25)21-12-17-3-2-10-26-17/h4-9,11,17H,2-3,10,12-13H2,1H3,(H,21,25). The zero-order valence-electron chi connectivity index (χ0n) is 14.8. The van der Waals surface area contributed by atoms with Crippen molar-refractivity contribution in [2.45, 2.75) is 32.4 Å². The van der Waals surface area contributed by atoms with Gasteiger partial charge in [0.15, 0.2) is 0 Å². The molecule has 1 aliphatic rings. The molecule has 2 heterocycles. The highest BCUT2D eigenvalue weighted by molar-refractivity contribution is 5.97. The first-order valence-electron chi connectivity index (χ1n) is 8.97. The van der Waals surface area contributed by atoms with E-state index in [1.807, 2.05) is 16.8 Å². The van der Waals surface area contributed by atoms with Gasteiger partial charge in [-0.3, -0.25) is 4.79 Å². The van der Waals surface area contributed by atoms with Crippen LogP contribution in [0.3, 0.4) is 0 Å². The lowest BCUT2D eigenvalue weighted by Crippen LogP contribution is -2.31. The zero-order valence-corrected chi connectivity index (χ0v) is 14.8. The molecule has 0 saturated carbocycles. The summed E-state index contributed by atoms with van der Waals surface area (Å²) in [5.74, 6) is -0.101. The monoisotopic (exact) mass is 350 g/mol. The average molecular weight is 350 g/mol. The number of nitrogens with one attached hydrogen (secondary N) is 1. The molecule has 4 rings (SSSR count). The summed E-state index contributed by atoms with van der Waals surface area (Å²) in [7, 11) is 0. The zero-order chi connectivity index (χ0) is 17.9. The number of carbonyl (C=O) groups excluding carboxylic acids is 1. The molecule has 0 radical (unpaired) electrons. The molecule has 1 atom stereocenters. The van der Waals surface area contributed by atoms with Gasteiger partial charge < -0.3 is 10.1 Å². The predicted molar refractivity (Wildman–Crippen MR) is 99.1 cm³/mol. The molecular weight excluding hydrogens is 328 g/mol. The maximum atomic E-state index is 12.4. The third-order valence-electron chi connectivity index (χ3n) is 4.74. The van der Waals surface area contributed by atoms with Crippen LogP contribution in [0.2, 0.25) is 0 Å². The number of hydrogen-bond donors (Lipinski definition) is 1. The first-order valence-corrected chi connectivity index (χ1v) is 8.97. The first-order chi connectivity index (χ1) is 12.7. The summed E-state index contributed by atoms with van der Waals surface area (Å²) in [5.41, 5.74) is 4.64. The van der Waals surface area contributed by atoms with Crippen molar-refractivity contribution in [2.75, 3.05) is 13.2 Å². The number of hydrogen-bond acceptors (Lipinski definition) is 4. The van der Waals surface area contributed by atoms with Gasteiger partial charge in [-0.15, -0.1) is 5.10 Å². The molecule has 6 nitrogen and oxygen atoms in total. The molecule has 1 fully saturated rings. The Balaban J connectivity index is 1.47.